The van der Waals surface area contributed by atoms with Crippen LogP contribution in [0, 0.1) is 5.92 Å². The fourth-order valence-corrected chi connectivity index (χ4v) is 4.31. The number of hydrogen-bond donors (Lipinski definition) is 2. The number of carbonyl (C=O) groups excluding carboxylic acids is 1. The average Bonchev–Trinajstić information content (AvgIpc) is 2.89. The molecule has 0 saturated heterocycles. The van der Waals surface area contributed by atoms with Crippen molar-refractivity contribution in [3.8, 4) is 11.1 Å². The summed E-state index contributed by atoms with van der Waals surface area (Å²) >= 11 is 0. The summed E-state index contributed by atoms with van der Waals surface area (Å²) in [5.74, 6) is -0.968. The zero-order chi connectivity index (χ0) is 25.2. The Kier molecular flexibility index (Phi) is 9.47. The summed E-state index contributed by atoms with van der Waals surface area (Å²) in [6, 6.07) is 23.2. The number of amides is 1. The van der Waals surface area contributed by atoms with Crippen LogP contribution < -0.4 is 10.2 Å². The normalized spacial score (nSPS) is 11.6. The molecule has 0 radical (unpaired) electrons. The van der Waals surface area contributed by atoms with E-state index in [0.717, 1.165) is 41.6 Å². The summed E-state index contributed by atoms with van der Waals surface area (Å²) in [5, 5.41) is 12.8. The molecule has 1 amide bonds. The zero-order valence-electron chi connectivity index (χ0n) is 21.0. The first-order chi connectivity index (χ1) is 16.9. The molecule has 184 valence electrons. The first kappa shape index (κ1) is 26.0. The zero-order valence-corrected chi connectivity index (χ0v) is 21.0. The topological polar surface area (TPSA) is 69.6 Å². The molecule has 1 atom stereocenters. The number of nitrogens with zero attached hydrogens (tertiary/aromatic N) is 1. The fourth-order valence-electron chi connectivity index (χ4n) is 4.31. The van der Waals surface area contributed by atoms with Gasteiger partial charge in [-0.25, -0.2) is 4.79 Å². The van der Waals surface area contributed by atoms with Crippen LogP contribution in [0.5, 0.6) is 0 Å². The highest BCUT2D eigenvalue weighted by atomic mass is 16.4. The molecule has 5 heteroatoms. The van der Waals surface area contributed by atoms with Crippen molar-refractivity contribution in [2.24, 2.45) is 5.92 Å². The Morgan fingerprint density at radius 2 is 1.60 bits per heavy atom. The van der Waals surface area contributed by atoms with Gasteiger partial charge in [-0.3, -0.25) is 4.79 Å². The molecule has 3 rings (SSSR count). The first-order valence-electron chi connectivity index (χ1n) is 12.4. The van der Waals surface area contributed by atoms with E-state index in [2.05, 4.69) is 30.4 Å². The Balaban J connectivity index is 1.87. The van der Waals surface area contributed by atoms with Crippen LogP contribution in [0.25, 0.3) is 11.1 Å². The number of carboxylic acids is 1. The molecule has 0 spiro atoms. The highest BCUT2D eigenvalue weighted by molar-refractivity contribution is 5.95. The summed E-state index contributed by atoms with van der Waals surface area (Å²) in [6.07, 6.45) is 5.49. The number of nitrogens with one attached hydrogen (secondary N) is 1. The second-order valence-corrected chi connectivity index (χ2v) is 9.06. The van der Waals surface area contributed by atoms with Gasteiger partial charge >= 0.3 is 5.97 Å². The van der Waals surface area contributed by atoms with E-state index in [1.807, 2.05) is 55.3 Å². The van der Waals surface area contributed by atoms with E-state index in [1.165, 1.54) is 12.8 Å². The summed E-state index contributed by atoms with van der Waals surface area (Å²) < 4.78 is 0. The molecule has 3 aromatic rings. The molecule has 5 nitrogen and oxygen atoms in total. The second kappa shape index (κ2) is 12.7. The van der Waals surface area contributed by atoms with Crippen molar-refractivity contribution in [1.29, 1.82) is 0 Å². The third-order valence-electron chi connectivity index (χ3n) is 6.44. The van der Waals surface area contributed by atoms with Crippen LogP contribution in [0.1, 0.15) is 61.9 Å². The third kappa shape index (κ3) is 6.95. The van der Waals surface area contributed by atoms with E-state index in [4.69, 9.17) is 0 Å². The van der Waals surface area contributed by atoms with E-state index in [1.54, 1.807) is 18.2 Å². The summed E-state index contributed by atoms with van der Waals surface area (Å²) in [7, 11) is 1.86. The largest absolute Gasteiger partial charge is 0.478 e. The van der Waals surface area contributed by atoms with Gasteiger partial charge in [0, 0.05) is 25.2 Å². The number of hydrogen-bond acceptors (Lipinski definition) is 3. The van der Waals surface area contributed by atoms with Crippen LogP contribution in [0.15, 0.2) is 72.8 Å². The van der Waals surface area contributed by atoms with Crippen molar-refractivity contribution < 1.29 is 14.7 Å². The number of unbranched alkanes of at least 4 members (excludes halogenated alkanes) is 3. The molecule has 2 N–H and O–H groups in total. The number of aromatic carboxylic acids is 1. The van der Waals surface area contributed by atoms with Crippen LogP contribution in [0.4, 0.5) is 11.4 Å². The maximum absolute atomic E-state index is 12.8. The van der Waals surface area contributed by atoms with Gasteiger partial charge in [0.2, 0.25) is 5.91 Å². The Morgan fingerprint density at radius 1 is 0.886 bits per heavy atom. The second-order valence-electron chi connectivity index (χ2n) is 9.06. The molecule has 0 aliphatic heterocycles. The predicted octanol–water partition coefficient (Wildman–Crippen LogP) is 7.04. The highest BCUT2D eigenvalue weighted by Crippen LogP contribution is 2.33. The monoisotopic (exact) mass is 472 g/mol. The summed E-state index contributed by atoms with van der Waals surface area (Å²) in [4.78, 5) is 26.5. The maximum Gasteiger partial charge on any atom is 0.337 e. The molecular weight excluding hydrogens is 436 g/mol. The minimum atomic E-state index is -0.972. The SMILES string of the molecule is CCCCCCC(C)C(=O)NCc1cc(-c2ccccc2)ccc1N(C)c1ccccc1C(=O)O. The molecule has 0 aromatic heterocycles. The van der Waals surface area contributed by atoms with Crippen molar-refractivity contribution in [2.75, 3.05) is 11.9 Å². The molecule has 3 aromatic carbocycles. The van der Waals surface area contributed by atoms with Gasteiger partial charge in [0.1, 0.15) is 0 Å². The number of carbonyl (C=O) groups is 2. The van der Waals surface area contributed by atoms with E-state index in [9.17, 15) is 14.7 Å². The lowest BCUT2D eigenvalue weighted by atomic mass is 9.99. The molecule has 35 heavy (non-hydrogen) atoms. The van der Waals surface area contributed by atoms with E-state index in [-0.39, 0.29) is 17.4 Å². The van der Waals surface area contributed by atoms with E-state index in [0.29, 0.717) is 12.2 Å². The van der Waals surface area contributed by atoms with Gasteiger partial charge in [-0.2, -0.15) is 0 Å². The van der Waals surface area contributed by atoms with Crippen molar-refractivity contribution in [2.45, 2.75) is 52.5 Å². The first-order valence-corrected chi connectivity index (χ1v) is 12.4. The lowest BCUT2D eigenvalue weighted by Crippen LogP contribution is -2.29. The van der Waals surface area contributed by atoms with Crippen molar-refractivity contribution in [1.82, 2.24) is 5.32 Å². The standard InChI is InChI=1S/C30H36N2O3/c1-4-5-6-8-13-22(2)29(33)31-21-25-20-24(23-14-9-7-10-15-23)18-19-27(25)32(3)28-17-12-11-16-26(28)30(34)35/h7,9-12,14-20,22H,4-6,8,13,21H2,1-3H3,(H,31,33)(H,34,35). The van der Waals surface area contributed by atoms with Gasteiger partial charge in [-0.15, -0.1) is 0 Å². The molecule has 0 aliphatic carbocycles. The molecular formula is C30H36N2O3. The minimum absolute atomic E-state index is 0.0434. The Hall–Kier alpha value is -3.60. The molecule has 0 heterocycles. The lowest BCUT2D eigenvalue weighted by molar-refractivity contribution is -0.124. The van der Waals surface area contributed by atoms with Crippen molar-refractivity contribution in [3.05, 3.63) is 83.9 Å². The number of anilines is 2. The molecule has 0 saturated carbocycles. The van der Waals surface area contributed by atoms with Gasteiger partial charge in [0.25, 0.3) is 0 Å². The smallest absolute Gasteiger partial charge is 0.337 e. The quantitative estimate of drug-likeness (QED) is 0.277. The van der Waals surface area contributed by atoms with Crippen LogP contribution in [-0.4, -0.2) is 24.0 Å². The molecule has 0 aliphatic rings. The van der Waals surface area contributed by atoms with Gasteiger partial charge in [-0.05, 0) is 47.4 Å². The number of para-hydroxylation sites is 1. The maximum atomic E-state index is 12.8. The van der Waals surface area contributed by atoms with Crippen LogP contribution in [0.2, 0.25) is 0 Å². The summed E-state index contributed by atoms with van der Waals surface area (Å²) in [6.45, 7) is 4.54. The van der Waals surface area contributed by atoms with Gasteiger partial charge in [0.05, 0.1) is 11.3 Å². The summed E-state index contributed by atoms with van der Waals surface area (Å²) in [5.41, 5.74) is 4.76. The van der Waals surface area contributed by atoms with E-state index < -0.39 is 5.97 Å². The number of rotatable bonds is 12. The van der Waals surface area contributed by atoms with Crippen LogP contribution in [0.3, 0.4) is 0 Å². The van der Waals surface area contributed by atoms with E-state index >= 15 is 0 Å². The predicted molar refractivity (Wildman–Crippen MR) is 143 cm³/mol. The Bertz CT molecular complexity index is 1130. The van der Waals surface area contributed by atoms with Crippen molar-refractivity contribution >= 4 is 23.3 Å². The lowest BCUT2D eigenvalue weighted by Gasteiger charge is -2.25. The van der Waals surface area contributed by atoms with Crippen LogP contribution in [-0.2, 0) is 11.3 Å². The van der Waals surface area contributed by atoms with Gasteiger partial charge in [0.15, 0.2) is 0 Å². The van der Waals surface area contributed by atoms with Gasteiger partial charge in [-0.1, -0.05) is 88.1 Å². The van der Waals surface area contributed by atoms with Crippen LogP contribution >= 0.6 is 0 Å². The molecule has 0 fully saturated rings. The minimum Gasteiger partial charge on any atom is -0.478 e. The third-order valence-corrected chi connectivity index (χ3v) is 6.44. The molecule has 1 unspecified atom stereocenters. The highest BCUT2D eigenvalue weighted by Gasteiger charge is 2.18. The Morgan fingerprint density at radius 3 is 2.31 bits per heavy atom. The Labute approximate surface area is 208 Å². The number of benzene rings is 3. The molecule has 0 bridgehead atoms. The van der Waals surface area contributed by atoms with Crippen molar-refractivity contribution in [3.63, 3.8) is 0 Å². The van der Waals surface area contributed by atoms with Gasteiger partial charge < -0.3 is 15.3 Å². The number of carboxylic acid groups (broad SMARTS) is 1. The fraction of sp³-hybridized carbons (Fsp3) is 0.333. The average molecular weight is 473 g/mol.